The molecule has 1 aromatic rings. The van der Waals surface area contributed by atoms with Crippen molar-refractivity contribution in [1.29, 1.82) is 0 Å². The van der Waals surface area contributed by atoms with E-state index in [9.17, 15) is 0 Å². The third kappa shape index (κ3) is 4.49. The highest BCUT2D eigenvalue weighted by atomic mass is 16.5. The average Bonchev–Trinajstić information content (AvgIpc) is 2.31. The second-order valence-corrected chi connectivity index (χ2v) is 4.60. The number of hydrogen-bond donors (Lipinski definition) is 1. The fraction of sp³-hybridized carbons (Fsp3) is 0.600. The highest BCUT2D eigenvalue weighted by Gasteiger charge is 2.11. The van der Waals surface area contributed by atoms with E-state index in [2.05, 4.69) is 44.3 Å². The van der Waals surface area contributed by atoms with Crippen LogP contribution in [-0.4, -0.2) is 20.3 Å². The van der Waals surface area contributed by atoms with Crippen LogP contribution in [0, 0.1) is 13.8 Å². The van der Waals surface area contributed by atoms with E-state index in [4.69, 9.17) is 4.74 Å². The molecule has 1 atom stereocenters. The molecule has 2 heteroatoms. The molecule has 0 radical (unpaired) electrons. The summed E-state index contributed by atoms with van der Waals surface area (Å²) >= 11 is 0. The molecule has 96 valence electrons. The first-order chi connectivity index (χ1) is 8.19. The topological polar surface area (TPSA) is 21.3 Å². The summed E-state index contributed by atoms with van der Waals surface area (Å²) in [5.74, 6) is 0. The van der Waals surface area contributed by atoms with Crippen molar-refractivity contribution in [3.63, 3.8) is 0 Å². The lowest BCUT2D eigenvalue weighted by Crippen LogP contribution is -2.19. The molecule has 0 aromatic heterocycles. The minimum absolute atomic E-state index is 0.396. The molecule has 0 aliphatic carbocycles. The van der Waals surface area contributed by atoms with Crippen molar-refractivity contribution >= 4 is 0 Å². The Balaban J connectivity index is 2.59. The van der Waals surface area contributed by atoms with Crippen LogP contribution in [-0.2, 0) is 4.74 Å². The largest absolute Gasteiger partial charge is 0.381 e. The van der Waals surface area contributed by atoms with Crippen molar-refractivity contribution in [3.8, 4) is 0 Å². The van der Waals surface area contributed by atoms with E-state index in [1.54, 1.807) is 0 Å². The molecule has 1 N–H and O–H groups in total. The van der Waals surface area contributed by atoms with Gasteiger partial charge in [0.05, 0.1) is 0 Å². The molecule has 0 fully saturated rings. The van der Waals surface area contributed by atoms with E-state index in [1.807, 2.05) is 7.05 Å². The molecule has 0 heterocycles. The number of aryl methyl sites for hydroxylation is 2. The minimum Gasteiger partial charge on any atom is -0.381 e. The van der Waals surface area contributed by atoms with E-state index in [-0.39, 0.29) is 0 Å². The summed E-state index contributed by atoms with van der Waals surface area (Å²) in [6.45, 7) is 8.14. The third-order valence-electron chi connectivity index (χ3n) is 3.05. The normalized spacial score (nSPS) is 12.7. The molecule has 0 bridgehead atoms. The second-order valence-electron chi connectivity index (χ2n) is 4.60. The molecule has 0 saturated carbocycles. The quantitative estimate of drug-likeness (QED) is 0.732. The van der Waals surface area contributed by atoms with Gasteiger partial charge in [0.25, 0.3) is 0 Å². The average molecular weight is 235 g/mol. The molecule has 2 nitrogen and oxygen atoms in total. The van der Waals surface area contributed by atoms with Crippen LogP contribution in [0.1, 0.15) is 42.5 Å². The maximum atomic E-state index is 5.56. The Morgan fingerprint density at radius 1 is 1.24 bits per heavy atom. The molecule has 1 unspecified atom stereocenters. The van der Waals surface area contributed by atoms with E-state index in [0.29, 0.717) is 6.04 Å². The molecular formula is C15H25NO. The van der Waals surface area contributed by atoms with Crippen LogP contribution >= 0.6 is 0 Å². The predicted molar refractivity (Wildman–Crippen MR) is 73.4 cm³/mol. The third-order valence-corrected chi connectivity index (χ3v) is 3.05. The van der Waals surface area contributed by atoms with Crippen LogP contribution in [0.3, 0.4) is 0 Å². The first-order valence-electron chi connectivity index (χ1n) is 6.51. The zero-order valence-corrected chi connectivity index (χ0v) is 11.5. The zero-order valence-electron chi connectivity index (χ0n) is 11.5. The summed E-state index contributed by atoms with van der Waals surface area (Å²) in [5, 5.41) is 3.38. The number of hydrogen-bond acceptors (Lipinski definition) is 2. The first kappa shape index (κ1) is 14.2. The van der Waals surface area contributed by atoms with E-state index >= 15 is 0 Å². The molecule has 0 aliphatic rings. The Morgan fingerprint density at radius 3 is 2.59 bits per heavy atom. The SMILES string of the molecule is CCCOCCC(NC)c1ccc(C)cc1C. The van der Waals surface area contributed by atoms with Gasteiger partial charge in [-0.3, -0.25) is 0 Å². The van der Waals surface area contributed by atoms with Crippen molar-refractivity contribution < 1.29 is 4.74 Å². The van der Waals surface area contributed by atoms with Crippen molar-refractivity contribution in [3.05, 3.63) is 34.9 Å². The van der Waals surface area contributed by atoms with E-state index in [0.717, 1.165) is 26.1 Å². The van der Waals surface area contributed by atoms with Gasteiger partial charge in [-0.25, -0.2) is 0 Å². The van der Waals surface area contributed by atoms with Crippen LogP contribution in [0.15, 0.2) is 18.2 Å². The van der Waals surface area contributed by atoms with Gasteiger partial charge in [0.1, 0.15) is 0 Å². The Bertz CT molecular complexity index is 336. The maximum Gasteiger partial charge on any atom is 0.0484 e. The fourth-order valence-corrected chi connectivity index (χ4v) is 2.12. The summed E-state index contributed by atoms with van der Waals surface area (Å²) < 4.78 is 5.56. The van der Waals surface area contributed by atoms with Crippen LogP contribution in [0.2, 0.25) is 0 Å². The summed E-state index contributed by atoms with van der Waals surface area (Å²) in [4.78, 5) is 0. The van der Waals surface area contributed by atoms with Gasteiger partial charge in [-0.15, -0.1) is 0 Å². The van der Waals surface area contributed by atoms with Gasteiger partial charge < -0.3 is 10.1 Å². The van der Waals surface area contributed by atoms with Gasteiger partial charge in [0.2, 0.25) is 0 Å². The highest BCUT2D eigenvalue weighted by Crippen LogP contribution is 2.21. The second kappa shape index (κ2) is 7.46. The van der Waals surface area contributed by atoms with Gasteiger partial charge >= 0.3 is 0 Å². The highest BCUT2D eigenvalue weighted by molar-refractivity contribution is 5.32. The Morgan fingerprint density at radius 2 is 2.00 bits per heavy atom. The maximum absolute atomic E-state index is 5.56. The van der Waals surface area contributed by atoms with Gasteiger partial charge in [-0.05, 0) is 44.9 Å². The van der Waals surface area contributed by atoms with Crippen molar-refractivity contribution in [1.82, 2.24) is 5.32 Å². The molecule has 0 aliphatic heterocycles. The summed E-state index contributed by atoms with van der Waals surface area (Å²) in [7, 11) is 2.02. The smallest absolute Gasteiger partial charge is 0.0484 e. The molecule has 1 rings (SSSR count). The Kier molecular flexibility index (Phi) is 6.23. The van der Waals surface area contributed by atoms with Crippen LogP contribution in [0.5, 0.6) is 0 Å². The summed E-state index contributed by atoms with van der Waals surface area (Å²) in [6, 6.07) is 7.05. The van der Waals surface area contributed by atoms with Crippen molar-refractivity contribution in [2.45, 2.75) is 39.7 Å². The molecular weight excluding hydrogens is 210 g/mol. The van der Waals surface area contributed by atoms with Crippen LogP contribution in [0.25, 0.3) is 0 Å². The molecule has 0 spiro atoms. The van der Waals surface area contributed by atoms with Crippen molar-refractivity contribution in [2.75, 3.05) is 20.3 Å². The Labute approximate surface area is 105 Å². The van der Waals surface area contributed by atoms with Gasteiger partial charge in [-0.1, -0.05) is 30.7 Å². The van der Waals surface area contributed by atoms with Crippen LogP contribution in [0.4, 0.5) is 0 Å². The summed E-state index contributed by atoms with van der Waals surface area (Å²) in [5.41, 5.74) is 4.07. The predicted octanol–water partition coefficient (Wildman–Crippen LogP) is 3.38. The van der Waals surface area contributed by atoms with E-state index in [1.165, 1.54) is 16.7 Å². The Hall–Kier alpha value is -0.860. The lowest BCUT2D eigenvalue weighted by atomic mass is 9.97. The number of rotatable bonds is 7. The standard InChI is InChI=1S/C15H25NO/c1-5-9-17-10-8-15(16-4)14-7-6-12(2)11-13(14)3/h6-7,11,15-16H,5,8-10H2,1-4H3. The molecule has 0 amide bonds. The molecule has 1 aromatic carbocycles. The zero-order chi connectivity index (χ0) is 12.7. The summed E-state index contributed by atoms with van der Waals surface area (Å²) in [6.07, 6.45) is 2.12. The lowest BCUT2D eigenvalue weighted by molar-refractivity contribution is 0.125. The minimum atomic E-state index is 0.396. The fourth-order valence-electron chi connectivity index (χ4n) is 2.12. The monoisotopic (exact) mass is 235 g/mol. The lowest BCUT2D eigenvalue weighted by Gasteiger charge is -2.19. The van der Waals surface area contributed by atoms with E-state index < -0.39 is 0 Å². The number of benzene rings is 1. The van der Waals surface area contributed by atoms with Gasteiger partial charge in [0.15, 0.2) is 0 Å². The number of nitrogens with one attached hydrogen (secondary N) is 1. The van der Waals surface area contributed by atoms with Gasteiger partial charge in [0, 0.05) is 19.3 Å². The molecule has 0 saturated heterocycles. The first-order valence-corrected chi connectivity index (χ1v) is 6.51. The van der Waals surface area contributed by atoms with Gasteiger partial charge in [-0.2, -0.15) is 0 Å². The number of ether oxygens (including phenoxy) is 1. The van der Waals surface area contributed by atoms with Crippen LogP contribution < -0.4 is 5.32 Å². The molecule has 17 heavy (non-hydrogen) atoms. The van der Waals surface area contributed by atoms with Crippen molar-refractivity contribution in [2.24, 2.45) is 0 Å².